The average Bonchev–Trinajstić information content (AvgIpc) is 2.17. The summed E-state index contributed by atoms with van der Waals surface area (Å²) in [6.07, 6.45) is 3.02. The fraction of sp³-hybridized carbons (Fsp3) is 0.750. The second-order valence-electron chi connectivity index (χ2n) is 3.07. The van der Waals surface area contributed by atoms with Crippen molar-refractivity contribution in [2.45, 2.75) is 25.7 Å². The minimum atomic E-state index is -0.354. The summed E-state index contributed by atoms with van der Waals surface area (Å²) in [5, 5.41) is 8.58. The van der Waals surface area contributed by atoms with Gasteiger partial charge >= 0.3 is 5.97 Å². The number of hydrogen-bond donors (Lipinski definition) is 0. The molecule has 0 unspecified atom stereocenters. The second-order valence-corrected chi connectivity index (χ2v) is 3.23. The van der Waals surface area contributed by atoms with Crippen molar-refractivity contribution in [2.75, 3.05) is 0 Å². The summed E-state index contributed by atoms with van der Waals surface area (Å²) in [7, 11) is 0. The highest BCUT2D eigenvalue weighted by Gasteiger charge is 2.27. The predicted molar refractivity (Wildman–Crippen MR) is 43.0 cm³/mol. The van der Waals surface area contributed by atoms with Crippen molar-refractivity contribution >= 4 is 17.8 Å². The molecule has 1 aliphatic carbocycles. The molecule has 66 valence electrons. The molecule has 1 aliphatic rings. The zero-order valence-electron chi connectivity index (χ0n) is 6.62. The lowest BCUT2D eigenvalue weighted by Crippen LogP contribution is -2.21. The van der Waals surface area contributed by atoms with Gasteiger partial charge < -0.3 is 4.29 Å². The Hall–Kier alpha value is -0.750. The summed E-state index contributed by atoms with van der Waals surface area (Å²) in [5.41, 5.74) is 0. The van der Waals surface area contributed by atoms with Gasteiger partial charge in [-0.15, -0.1) is 0 Å². The van der Waals surface area contributed by atoms with Crippen LogP contribution in [-0.2, 0) is 9.08 Å². The van der Waals surface area contributed by atoms with Crippen LogP contribution >= 0.6 is 11.9 Å². The van der Waals surface area contributed by atoms with Crippen molar-refractivity contribution in [1.82, 2.24) is 0 Å². The van der Waals surface area contributed by atoms with Crippen LogP contribution in [-0.4, -0.2) is 5.97 Å². The molecule has 0 aliphatic heterocycles. The van der Waals surface area contributed by atoms with E-state index in [0.717, 1.165) is 25.7 Å². The molecular weight excluding hydrogens is 178 g/mol. The number of nitriles is 1. The summed E-state index contributed by atoms with van der Waals surface area (Å²) < 4.78 is 4.11. The van der Waals surface area contributed by atoms with E-state index in [2.05, 4.69) is 10.4 Å². The minimum Gasteiger partial charge on any atom is -0.347 e. The number of carbonyl (C=O) groups is 1. The Morgan fingerprint density at radius 2 is 2.00 bits per heavy atom. The van der Waals surface area contributed by atoms with Crippen LogP contribution < -0.4 is 0 Å². The first kappa shape index (κ1) is 9.34. The Kier molecular flexibility index (Phi) is 3.36. The molecule has 0 amide bonds. The van der Waals surface area contributed by atoms with Crippen LogP contribution in [0.1, 0.15) is 25.7 Å². The van der Waals surface area contributed by atoms with Crippen molar-refractivity contribution in [2.24, 2.45) is 11.8 Å². The Morgan fingerprint density at radius 1 is 1.42 bits per heavy atom. The van der Waals surface area contributed by atoms with Crippen LogP contribution in [0.5, 0.6) is 0 Å². The topological polar surface area (TPSA) is 50.1 Å². The van der Waals surface area contributed by atoms with Gasteiger partial charge in [-0.05, 0) is 25.7 Å². The van der Waals surface area contributed by atoms with E-state index in [-0.39, 0.29) is 17.8 Å². The molecule has 1 saturated carbocycles. The molecule has 0 spiro atoms. The molecule has 12 heavy (non-hydrogen) atoms. The maximum absolute atomic E-state index is 10.9. The lowest BCUT2D eigenvalue weighted by molar-refractivity contribution is -0.139. The van der Waals surface area contributed by atoms with Crippen molar-refractivity contribution in [1.29, 1.82) is 5.26 Å². The summed E-state index contributed by atoms with van der Waals surface area (Å²) in [6, 6.07) is 2.20. The van der Waals surface area contributed by atoms with E-state index in [0.29, 0.717) is 0 Å². The van der Waals surface area contributed by atoms with Crippen LogP contribution in [0.15, 0.2) is 0 Å². The van der Waals surface area contributed by atoms with Crippen molar-refractivity contribution in [3.05, 3.63) is 0 Å². The summed E-state index contributed by atoms with van der Waals surface area (Å²) >= 11 is 4.94. The summed E-state index contributed by atoms with van der Waals surface area (Å²) in [6.45, 7) is 0. The first-order chi connectivity index (χ1) is 5.77. The third-order valence-electron chi connectivity index (χ3n) is 2.32. The largest absolute Gasteiger partial charge is 0.347 e. The number of nitrogens with zero attached hydrogens (tertiary/aromatic N) is 1. The third-order valence-corrected chi connectivity index (χ3v) is 2.47. The number of hydrogen-bond acceptors (Lipinski definition) is 3. The number of halogens is 1. The molecule has 0 heterocycles. The van der Waals surface area contributed by atoms with E-state index in [1.54, 1.807) is 0 Å². The molecule has 0 atom stereocenters. The van der Waals surface area contributed by atoms with Crippen LogP contribution in [0.3, 0.4) is 0 Å². The zero-order chi connectivity index (χ0) is 8.97. The van der Waals surface area contributed by atoms with Gasteiger partial charge in [-0.2, -0.15) is 5.26 Å². The zero-order valence-corrected chi connectivity index (χ0v) is 7.38. The van der Waals surface area contributed by atoms with Gasteiger partial charge in [0.2, 0.25) is 0 Å². The van der Waals surface area contributed by atoms with Gasteiger partial charge in [0.15, 0.2) is 0 Å². The average molecular weight is 188 g/mol. The monoisotopic (exact) mass is 187 g/mol. The van der Waals surface area contributed by atoms with Crippen LogP contribution in [0.4, 0.5) is 0 Å². The minimum absolute atomic E-state index is 0.0906. The maximum atomic E-state index is 10.9. The molecule has 0 saturated heterocycles. The van der Waals surface area contributed by atoms with Crippen LogP contribution in [0, 0.1) is 23.2 Å². The highest BCUT2D eigenvalue weighted by molar-refractivity contribution is 6.13. The van der Waals surface area contributed by atoms with Gasteiger partial charge in [-0.1, -0.05) is 0 Å². The van der Waals surface area contributed by atoms with Gasteiger partial charge in [-0.3, -0.25) is 4.79 Å². The molecule has 0 aromatic carbocycles. The van der Waals surface area contributed by atoms with E-state index in [4.69, 9.17) is 17.1 Å². The van der Waals surface area contributed by atoms with Gasteiger partial charge in [0.25, 0.3) is 0 Å². The standard InChI is InChI=1S/C8H10ClNO2/c9-12-8(11)7-3-1-6(5-10)2-4-7/h6-7H,1-4H2. The molecule has 0 aromatic rings. The van der Waals surface area contributed by atoms with E-state index in [9.17, 15) is 4.79 Å². The van der Waals surface area contributed by atoms with Gasteiger partial charge in [0.05, 0.1) is 12.0 Å². The fourth-order valence-corrected chi connectivity index (χ4v) is 1.65. The molecule has 0 N–H and O–H groups in total. The maximum Gasteiger partial charge on any atom is 0.327 e. The van der Waals surface area contributed by atoms with Gasteiger partial charge in [-0.25, -0.2) is 0 Å². The molecule has 0 bridgehead atoms. The fourth-order valence-electron chi connectivity index (χ4n) is 1.52. The van der Waals surface area contributed by atoms with E-state index in [1.807, 2.05) is 0 Å². The summed E-state index contributed by atoms with van der Waals surface area (Å²) in [5.74, 6) is -0.329. The number of carbonyl (C=O) groups excluding carboxylic acids is 1. The second kappa shape index (κ2) is 4.32. The molecule has 3 nitrogen and oxygen atoms in total. The normalized spacial score (nSPS) is 29.0. The van der Waals surface area contributed by atoms with Crippen LogP contribution in [0.2, 0.25) is 0 Å². The molecule has 4 heteroatoms. The Morgan fingerprint density at radius 3 is 2.42 bits per heavy atom. The predicted octanol–water partition coefficient (Wildman–Crippen LogP) is 2.01. The lowest BCUT2D eigenvalue weighted by Gasteiger charge is -2.21. The lowest BCUT2D eigenvalue weighted by atomic mass is 9.83. The molecule has 0 radical (unpaired) electrons. The van der Waals surface area contributed by atoms with Gasteiger partial charge in [0.1, 0.15) is 11.9 Å². The summed E-state index contributed by atoms with van der Waals surface area (Å²) in [4.78, 5) is 10.9. The first-order valence-corrected chi connectivity index (χ1v) is 4.31. The van der Waals surface area contributed by atoms with Crippen molar-refractivity contribution < 1.29 is 9.08 Å². The van der Waals surface area contributed by atoms with E-state index >= 15 is 0 Å². The quantitative estimate of drug-likeness (QED) is 0.631. The number of rotatable bonds is 1. The SMILES string of the molecule is N#CC1CCC(C(=O)OCl)CC1. The molecule has 1 fully saturated rings. The third kappa shape index (κ3) is 2.12. The Balaban J connectivity index is 2.37. The van der Waals surface area contributed by atoms with Gasteiger partial charge in [0, 0.05) is 5.92 Å². The highest BCUT2D eigenvalue weighted by atomic mass is 35.5. The van der Waals surface area contributed by atoms with Crippen molar-refractivity contribution in [3.8, 4) is 6.07 Å². The molecule has 0 aromatic heterocycles. The smallest absolute Gasteiger partial charge is 0.327 e. The van der Waals surface area contributed by atoms with E-state index < -0.39 is 0 Å². The molecule has 1 rings (SSSR count). The highest BCUT2D eigenvalue weighted by Crippen LogP contribution is 2.29. The van der Waals surface area contributed by atoms with Crippen molar-refractivity contribution in [3.63, 3.8) is 0 Å². The van der Waals surface area contributed by atoms with E-state index in [1.165, 1.54) is 0 Å². The Bertz CT molecular complexity index is 204. The first-order valence-electron chi connectivity index (χ1n) is 4.00. The molecular formula is C8H10ClNO2. The Labute approximate surface area is 76.4 Å². The van der Waals surface area contributed by atoms with Crippen LogP contribution in [0.25, 0.3) is 0 Å².